The predicted octanol–water partition coefficient (Wildman–Crippen LogP) is 1.17. The summed E-state index contributed by atoms with van der Waals surface area (Å²) in [7, 11) is -3.56. The number of rotatable bonds is 5. The molecule has 0 amide bonds. The van der Waals surface area contributed by atoms with E-state index in [1.54, 1.807) is 0 Å². The van der Waals surface area contributed by atoms with E-state index < -0.39 is 10.0 Å². The maximum Gasteiger partial charge on any atom is 0.240 e. The third-order valence-electron chi connectivity index (χ3n) is 2.46. The molecule has 2 rings (SSSR count). The van der Waals surface area contributed by atoms with Gasteiger partial charge in [-0.15, -0.1) is 0 Å². The molecule has 0 aliphatic carbocycles. The summed E-state index contributed by atoms with van der Waals surface area (Å²) < 4.78 is 28.1. The molecule has 0 atom stereocenters. The van der Waals surface area contributed by atoms with Gasteiger partial charge < -0.3 is 9.67 Å². The van der Waals surface area contributed by atoms with Crippen molar-refractivity contribution in [2.45, 2.75) is 11.4 Å². The van der Waals surface area contributed by atoms with E-state index in [0.717, 1.165) is 0 Å². The molecule has 0 saturated carbocycles. The number of aromatic hydroxyl groups is 1. The van der Waals surface area contributed by atoms with Crippen molar-refractivity contribution in [3.63, 3.8) is 0 Å². The van der Waals surface area contributed by atoms with Crippen LogP contribution in [-0.2, 0) is 16.6 Å². The van der Waals surface area contributed by atoms with E-state index in [-0.39, 0.29) is 10.6 Å². The van der Waals surface area contributed by atoms with Crippen molar-refractivity contribution in [1.29, 1.82) is 0 Å². The van der Waals surface area contributed by atoms with E-state index in [9.17, 15) is 13.5 Å². The van der Waals surface area contributed by atoms with Crippen molar-refractivity contribution in [2.24, 2.45) is 0 Å². The van der Waals surface area contributed by atoms with E-state index in [2.05, 4.69) is 4.72 Å². The van der Waals surface area contributed by atoms with Gasteiger partial charge in [0.15, 0.2) is 0 Å². The molecule has 1 heterocycles. The number of nitrogens with zero attached hydrogens (tertiary/aromatic N) is 1. The largest absolute Gasteiger partial charge is 0.508 e. The summed E-state index contributed by atoms with van der Waals surface area (Å²) >= 11 is 0. The van der Waals surface area contributed by atoms with Crippen molar-refractivity contribution in [3.05, 3.63) is 48.8 Å². The Balaban J connectivity index is 1.99. The standard InChI is InChI=1S/C12H14N2O3S/c15-11-4-3-5-12(10-11)18(16,17)13-6-9-14-7-1-2-8-14/h1-5,7-8,10,13,15H,6,9H2. The number of sulfonamides is 1. The normalized spacial score (nSPS) is 11.6. The first-order valence-electron chi connectivity index (χ1n) is 5.47. The number of phenols is 1. The number of hydrogen-bond donors (Lipinski definition) is 2. The first-order chi connectivity index (χ1) is 8.58. The van der Waals surface area contributed by atoms with Crippen LogP contribution < -0.4 is 4.72 Å². The molecule has 0 bridgehead atoms. The van der Waals surface area contributed by atoms with Crippen molar-refractivity contribution in [2.75, 3.05) is 6.54 Å². The summed E-state index contributed by atoms with van der Waals surface area (Å²) in [5.74, 6) is -0.0664. The van der Waals surface area contributed by atoms with Crippen molar-refractivity contribution < 1.29 is 13.5 Å². The van der Waals surface area contributed by atoms with Gasteiger partial charge >= 0.3 is 0 Å². The van der Waals surface area contributed by atoms with Gasteiger partial charge in [0.25, 0.3) is 0 Å². The summed E-state index contributed by atoms with van der Waals surface area (Å²) in [5, 5.41) is 9.26. The first-order valence-corrected chi connectivity index (χ1v) is 6.96. The van der Waals surface area contributed by atoms with E-state index >= 15 is 0 Å². The fourth-order valence-electron chi connectivity index (χ4n) is 1.56. The lowest BCUT2D eigenvalue weighted by atomic mass is 10.3. The Kier molecular flexibility index (Phi) is 3.69. The average Bonchev–Trinajstić information content (AvgIpc) is 2.82. The molecule has 0 unspecified atom stereocenters. The molecular formula is C12H14N2O3S. The summed E-state index contributed by atoms with van der Waals surface area (Å²) in [6.45, 7) is 0.859. The lowest BCUT2D eigenvalue weighted by molar-refractivity contribution is 0.473. The fourth-order valence-corrected chi connectivity index (χ4v) is 2.62. The third-order valence-corrected chi connectivity index (χ3v) is 3.91. The van der Waals surface area contributed by atoms with Crippen LogP contribution in [0.25, 0.3) is 0 Å². The Labute approximate surface area is 106 Å². The van der Waals surface area contributed by atoms with Crippen LogP contribution in [0.3, 0.4) is 0 Å². The van der Waals surface area contributed by atoms with Gasteiger partial charge in [-0.2, -0.15) is 0 Å². The zero-order valence-corrected chi connectivity index (χ0v) is 10.5. The highest BCUT2D eigenvalue weighted by molar-refractivity contribution is 7.89. The maximum atomic E-state index is 11.9. The highest BCUT2D eigenvalue weighted by Crippen LogP contribution is 2.15. The smallest absolute Gasteiger partial charge is 0.240 e. The second-order valence-corrected chi connectivity index (χ2v) is 5.58. The van der Waals surface area contributed by atoms with Crippen LogP contribution in [0.1, 0.15) is 0 Å². The third kappa shape index (κ3) is 3.12. The monoisotopic (exact) mass is 266 g/mol. The van der Waals surface area contributed by atoms with Crippen molar-refractivity contribution >= 4 is 10.0 Å². The highest BCUT2D eigenvalue weighted by Gasteiger charge is 2.13. The number of hydrogen-bond acceptors (Lipinski definition) is 3. The van der Waals surface area contributed by atoms with Gasteiger partial charge in [0.1, 0.15) is 5.75 Å². The maximum absolute atomic E-state index is 11.9. The van der Waals surface area contributed by atoms with Crippen LogP contribution in [0, 0.1) is 0 Å². The second kappa shape index (κ2) is 5.24. The molecule has 0 aliphatic rings. The minimum absolute atomic E-state index is 0.0648. The lowest BCUT2D eigenvalue weighted by Gasteiger charge is -2.07. The van der Waals surface area contributed by atoms with Gasteiger partial charge in [-0.1, -0.05) is 6.07 Å². The number of aromatic nitrogens is 1. The first kappa shape index (κ1) is 12.7. The van der Waals surface area contributed by atoms with Crippen LogP contribution in [0.2, 0.25) is 0 Å². The molecule has 6 heteroatoms. The zero-order valence-electron chi connectivity index (χ0n) is 9.65. The van der Waals surface area contributed by atoms with Gasteiger partial charge in [0, 0.05) is 25.5 Å². The molecule has 2 N–H and O–H groups in total. The second-order valence-electron chi connectivity index (χ2n) is 3.82. The number of nitrogens with one attached hydrogen (secondary N) is 1. The number of phenolic OH excluding ortho intramolecular Hbond substituents is 1. The summed E-state index contributed by atoms with van der Waals surface area (Å²) in [6, 6.07) is 9.35. The Hall–Kier alpha value is -1.79. The lowest BCUT2D eigenvalue weighted by Crippen LogP contribution is -2.27. The Morgan fingerprint density at radius 2 is 1.89 bits per heavy atom. The molecule has 2 aromatic rings. The van der Waals surface area contributed by atoms with Crippen molar-refractivity contribution in [3.8, 4) is 5.75 Å². The summed E-state index contributed by atoms with van der Waals surface area (Å²) in [5.41, 5.74) is 0. The Morgan fingerprint density at radius 3 is 2.56 bits per heavy atom. The van der Waals surface area contributed by atoms with E-state index in [0.29, 0.717) is 13.1 Å². The van der Waals surface area contributed by atoms with Gasteiger partial charge in [-0.25, -0.2) is 13.1 Å². The Bertz CT molecular complexity index is 606. The fraction of sp³-hybridized carbons (Fsp3) is 0.167. The topological polar surface area (TPSA) is 71.3 Å². The molecule has 1 aromatic carbocycles. The molecule has 96 valence electrons. The summed E-state index contributed by atoms with van der Waals surface area (Å²) in [6.07, 6.45) is 3.73. The molecular weight excluding hydrogens is 252 g/mol. The Morgan fingerprint density at radius 1 is 1.17 bits per heavy atom. The average molecular weight is 266 g/mol. The quantitative estimate of drug-likeness (QED) is 0.853. The zero-order chi connectivity index (χ0) is 13.0. The van der Waals surface area contributed by atoms with Crippen LogP contribution in [0.5, 0.6) is 5.75 Å². The predicted molar refractivity (Wildman–Crippen MR) is 67.7 cm³/mol. The highest BCUT2D eigenvalue weighted by atomic mass is 32.2. The van der Waals surface area contributed by atoms with E-state index in [4.69, 9.17) is 0 Å². The van der Waals surface area contributed by atoms with Gasteiger partial charge in [-0.3, -0.25) is 0 Å². The molecule has 18 heavy (non-hydrogen) atoms. The van der Waals surface area contributed by atoms with Gasteiger partial charge in [-0.05, 0) is 30.3 Å². The minimum atomic E-state index is -3.56. The molecule has 0 radical (unpaired) electrons. The van der Waals surface area contributed by atoms with Crippen LogP contribution in [-0.4, -0.2) is 24.6 Å². The van der Waals surface area contributed by atoms with Crippen LogP contribution in [0.15, 0.2) is 53.7 Å². The van der Waals surface area contributed by atoms with Gasteiger partial charge in [0.05, 0.1) is 4.90 Å². The molecule has 1 aromatic heterocycles. The number of benzene rings is 1. The molecule has 0 saturated heterocycles. The van der Waals surface area contributed by atoms with Gasteiger partial charge in [0.2, 0.25) is 10.0 Å². The molecule has 0 fully saturated rings. The van der Waals surface area contributed by atoms with Crippen LogP contribution >= 0.6 is 0 Å². The van der Waals surface area contributed by atoms with Crippen molar-refractivity contribution in [1.82, 2.24) is 9.29 Å². The van der Waals surface area contributed by atoms with Crippen LogP contribution in [0.4, 0.5) is 0 Å². The summed E-state index contributed by atoms with van der Waals surface area (Å²) in [4.78, 5) is 0.0648. The minimum Gasteiger partial charge on any atom is -0.508 e. The molecule has 5 nitrogen and oxygen atoms in total. The SMILES string of the molecule is O=S(=O)(NCCn1cccc1)c1cccc(O)c1. The molecule has 0 aliphatic heterocycles. The van der Waals surface area contributed by atoms with E-state index in [1.807, 2.05) is 29.1 Å². The molecule has 0 spiro atoms. The van der Waals surface area contributed by atoms with E-state index in [1.165, 1.54) is 24.3 Å².